The molecule has 0 amide bonds. The Morgan fingerprint density at radius 3 is 2.69 bits per heavy atom. The highest BCUT2D eigenvalue weighted by atomic mass is 19.4. The lowest BCUT2D eigenvalue weighted by molar-refractivity contribution is -0.139. The number of aromatic nitrogens is 3. The highest BCUT2D eigenvalue weighted by molar-refractivity contribution is 6.08. The molecule has 1 aliphatic carbocycles. The third-order valence-electron chi connectivity index (χ3n) is 7.10. The fourth-order valence-electron chi connectivity index (χ4n) is 5.57. The van der Waals surface area contributed by atoms with Crippen LogP contribution in [0.4, 0.5) is 13.2 Å². The van der Waals surface area contributed by atoms with Crippen molar-refractivity contribution < 1.29 is 13.2 Å². The van der Waals surface area contributed by atoms with Gasteiger partial charge in [-0.1, -0.05) is 44.0 Å². The van der Waals surface area contributed by atoms with Crippen LogP contribution in [0.3, 0.4) is 0 Å². The smallest absolute Gasteiger partial charge is 0.330 e. The van der Waals surface area contributed by atoms with Gasteiger partial charge < -0.3 is 4.57 Å². The molecule has 184 valence electrons. The van der Waals surface area contributed by atoms with Crippen LogP contribution in [0, 0.1) is 0 Å². The predicted octanol–water partition coefficient (Wildman–Crippen LogP) is 7.22. The van der Waals surface area contributed by atoms with E-state index in [1.54, 1.807) is 18.3 Å². The summed E-state index contributed by atoms with van der Waals surface area (Å²) >= 11 is 0. The van der Waals surface area contributed by atoms with E-state index in [0.29, 0.717) is 23.3 Å². The second-order valence-corrected chi connectivity index (χ2v) is 9.51. The molecule has 7 heteroatoms. The first-order valence-electron chi connectivity index (χ1n) is 12.6. The van der Waals surface area contributed by atoms with E-state index in [1.807, 2.05) is 30.5 Å². The van der Waals surface area contributed by atoms with Gasteiger partial charge in [-0.2, -0.15) is 13.2 Å². The monoisotopic (exact) mass is 480 g/mol. The topological polar surface area (TPSA) is 34.0 Å². The molecule has 1 aromatic carbocycles. The summed E-state index contributed by atoms with van der Waals surface area (Å²) < 4.78 is 42.4. The molecule has 5 rings (SSSR count). The fourth-order valence-corrected chi connectivity index (χ4v) is 5.57. The summed E-state index contributed by atoms with van der Waals surface area (Å²) in [6.45, 7) is 2.51. The number of alkyl halides is 3. The Morgan fingerprint density at radius 2 is 1.86 bits per heavy atom. The Labute approximate surface area is 203 Å². The molecule has 1 atom stereocenters. The lowest BCUT2D eigenvalue weighted by atomic mass is 9.90. The van der Waals surface area contributed by atoms with Gasteiger partial charge in [0, 0.05) is 35.2 Å². The summed E-state index contributed by atoms with van der Waals surface area (Å²) in [6, 6.07) is 13.5. The van der Waals surface area contributed by atoms with Gasteiger partial charge in [-0.05, 0) is 56.0 Å². The molecule has 0 aliphatic heterocycles. The maximum atomic E-state index is 13.7. The van der Waals surface area contributed by atoms with Crippen molar-refractivity contribution in [2.24, 2.45) is 0 Å². The number of aryl methyl sites for hydroxylation is 1. The van der Waals surface area contributed by atoms with Crippen LogP contribution in [0.2, 0.25) is 0 Å². The maximum absolute atomic E-state index is 13.7. The molecule has 35 heavy (non-hydrogen) atoms. The molecule has 0 saturated heterocycles. The van der Waals surface area contributed by atoms with Gasteiger partial charge in [0.05, 0.1) is 22.9 Å². The summed E-state index contributed by atoms with van der Waals surface area (Å²) in [4.78, 5) is 11.8. The minimum Gasteiger partial charge on any atom is -0.330 e. The highest BCUT2D eigenvalue weighted by Crippen LogP contribution is 2.37. The van der Waals surface area contributed by atoms with Crippen LogP contribution in [0.5, 0.6) is 0 Å². The van der Waals surface area contributed by atoms with Gasteiger partial charge in [0.15, 0.2) is 0 Å². The molecule has 0 fully saturated rings. The van der Waals surface area contributed by atoms with Crippen molar-refractivity contribution >= 4 is 21.8 Å². The number of hydrogen-bond acceptors (Lipinski definition) is 3. The lowest BCUT2D eigenvalue weighted by Gasteiger charge is -2.35. The van der Waals surface area contributed by atoms with Crippen molar-refractivity contribution in [2.75, 3.05) is 6.54 Å². The van der Waals surface area contributed by atoms with Crippen molar-refractivity contribution in [1.82, 2.24) is 19.4 Å². The molecule has 4 aromatic rings. The van der Waals surface area contributed by atoms with Gasteiger partial charge in [0.2, 0.25) is 0 Å². The first-order valence-corrected chi connectivity index (χ1v) is 12.6. The van der Waals surface area contributed by atoms with Crippen molar-refractivity contribution in [3.05, 3.63) is 71.8 Å². The van der Waals surface area contributed by atoms with Crippen LogP contribution >= 0.6 is 0 Å². The first-order chi connectivity index (χ1) is 17.0. The SMILES string of the molecule is CCCCCN(Cc1nccc2c3ccccc3n(CC(F)(F)F)c12)C1CCCc2cccnc21. The zero-order valence-corrected chi connectivity index (χ0v) is 20.1. The number of unbranched alkanes of at least 4 members (excludes halogenated alkanes) is 2. The van der Waals surface area contributed by atoms with Crippen LogP contribution in [-0.2, 0) is 19.5 Å². The molecule has 3 heterocycles. The molecule has 0 saturated carbocycles. The number of benzene rings is 1. The molecule has 0 radical (unpaired) electrons. The van der Waals surface area contributed by atoms with Crippen LogP contribution in [-0.4, -0.2) is 32.2 Å². The Bertz CT molecular complexity index is 1310. The second kappa shape index (κ2) is 9.97. The van der Waals surface area contributed by atoms with Crippen molar-refractivity contribution in [3.8, 4) is 0 Å². The quantitative estimate of drug-likeness (QED) is 0.250. The number of rotatable bonds is 8. The Hall–Kier alpha value is -2.93. The van der Waals surface area contributed by atoms with E-state index in [9.17, 15) is 13.2 Å². The van der Waals surface area contributed by atoms with E-state index < -0.39 is 12.7 Å². The van der Waals surface area contributed by atoms with Crippen LogP contribution in [0.1, 0.15) is 62.0 Å². The lowest BCUT2D eigenvalue weighted by Crippen LogP contribution is -2.33. The van der Waals surface area contributed by atoms with Gasteiger partial charge >= 0.3 is 6.18 Å². The number of para-hydroxylation sites is 1. The standard InChI is InChI=1S/C28H31F3N4/c1-2-3-6-17-34(25-13-7-9-20-10-8-15-33-26(20)25)18-23-27-22(14-16-32-23)21-11-4-5-12-24(21)35(27)19-28(29,30)31/h4-5,8,10-12,14-16,25H,2-3,6-7,9,13,17-19H2,1H3. The van der Waals surface area contributed by atoms with Gasteiger partial charge in [-0.25, -0.2) is 0 Å². The number of nitrogens with zero attached hydrogens (tertiary/aromatic N) is 4. The zero-order valence-electron chi connectivity index (χ0n) is 20.1. The average molecular weight is 481 g/mol. The number of fused-ring (bicyclic) bond motifs is 4. The van der Waals surface area contributed by atoms with Crippen molar-refractivity contribution in [2.45, 2.75) is 70.8 Å². The zero-order chi connectivity index (χ0) is 24.4. The molecular formula is C28H31F3N4. The molecule has 0 spiro atoms. The largest absolute Gasteiger partial charge is 0.406 e. The first kappa shape index (κ1) is 23.8. The normalized spacial score (nSPS) is 16.3. The van der Waals surface area contributed by atoms with E-state index in [4.69, 9.17) is 4.98 Å². The molecule has 1 unspecified atom stereocenters. The number of pyridine rings is 2. The average Bonchev–Trinajstić information content (AvgIpc) is 3.16. The van der Waals surface area contributed by atoms with Crippen LogP contribution in [0.15, 0.2) is 54.9 Å². The van der Waals surface area contributed by atoms with E-state index >= 15 is 0 Å². The van der Waals surface area contributed by atoms with Gasteiger partial charge in [-0.3, -0.25) is 14.9 Å². The van der Waals surface area contributed by atoms with Crippen LogP contribution < -0.4 is 0 Å². The molecule has 4 nitrogen and oxygen atoms in total. The Balaban J connectivity index is 1.60. The minimum atomic E-state index is -4.32. The maximum Gasteiger partial charge on any atom is 0.406 e. The van der Waals surface area contributed by atoms with E-state index in [-0.39, 0.29) is 6.04 Å². The van der Waals surface area contributed by atoms with Crippen molar-refractivity contribution in [1.29, 1.82) is 0 Å². The third-order valence-corrected chi connectivity index (χ3v) is 7.10. The molecule has 0 bridgehead atoms. The van der Waals surface area contributed by atoms with Crippen molar-refractivity contribution in [3.63, 3.8) is 0 Å². The summed E-state index contributed by atoms with van der Waals surface area (Å²) in [6.07, 6.45) is 5.63. The number of halogens is 3. The van der Waals surface area contributed by atoms with Crippen LogP contribution in [0.25, 0.3) is 21.8 Å². The third kappa shape index (κ3) is 4.92. The highest BCUT2D eigenvalue weighted by Gasteiger charge is 2.32. The Kier molecular flexibility index (Phi) is 6.78. The summed E-state index contributed by atoms with van der Waals surface area (Å²) in [5.74, 6) is 0. The van der Waals surface area contributed by atoms with Gasteiger partial charge in [0.25, 0.3) is 0 Å². The molecule has 0 N–H and O–H groups in total. The predicted molar refractivity (Wildman–Crippen MR) is 133 cm³/mol. The van der Waals surface area contributed by atoms with E-state index in [1.165, 1.54) is 10.1 Å². The Morgan fingerprint density at radius 1 is 1.00 bits per heavy atom. The summed E-state index contributed by atoms with van der Waals surface area (Å²) in [5.41, 5.74) is 4.27. The second-order valence-electron chi connectivity index (χ2n) is 9.51. The van der Waals surface area contributed by atoms with Gasteiger partial charge in [-0.15, -0.1) is 0 Å². The molecule has 3 aromatic heterocycles. The minimum absolute atomic E-state index is 0.148. The molecule has 1 aliphatic rings. The molecular weight excluding hydrogens is 449 g/mol. The summed E-state index contributed by atoms with van der Waals surface area (Å²) in [7, 11) is 0. The van der Waals surface area contributed by atoms with E-state index in [2.05, 4.69) is 22.9 Å². The van der Waals surface area contributed by atoms with E-state index in [0.717, 1.165) is 61.5 Å². The van der Waals surface area contributed by atoms with Gasteiger partial charge in [0.1, 0.15) is 6.54 Å². The fraction of sp³-hybridized carbons (Fsp3) is 0.429. The number of hydrogen-bond donors (Lipinski definition) is 0. The summed E-state index contributed by atoms with van der Waals surface area (Å²) in [5, 5.41) is 1.66.